The topological polar surface area (TPSA) is 112 Å². The number of hydrogen-bond donors (Lipinski definition) is 4. The van der Waals surface area contributed by atoms with Gasteiger partial charge in [-0.3, -0.25) is 9.59 Å². The Morgan fingerprint density at radius 3 is 1.43 bits per heavy atom. The molecule has 0 aliphatic rings. The number of hydrogen-bond acceptors (Lipinski definition) is 5. The molecule has 1 aromatic heterocycles. The first kappa shape index (κ1) is 21.2. The number of anilines is 2. The Kier molecular flexibility index (Phi) is 7.26. The van der Waals surface area contributed by atoms with Crippen LogP contribution in [0.3, 0.4) is 0 Å². The summed E-state index contributed by atoms with van der Waals surface area (Å²) in [5.74, 6) is -0.846. The molecule has 7 heteroatoms. The monoisotopic (exact) mass is 405 g/mol. The van der Waals surface area contributed by atoms with E-state index in [-0.39, 0.29) is 24.6 Å². The molecule has 0 saturated carbocycles. The van der Waals surface area contributed by atoms with Gasteiger partial charge in [0, 0.05) is 24.6 Å². The van der Waals surface area contributed by atoms with Gasteiger partial charge in [0.1, 0.15) is 11.4 Å². The van der Waals surface area contributed by atoms with Crippen molar-refractivity contribution < 1.29 is 19.8 Å². The first-order chi connectivity index (χ1) is 14.6. The van der Waals surface area contributed by atoms with E-state index in [9.17, 15) is 9.59 Å². The molecular formula is C23H23N3O4. The molecule has 0 aliphatic carbocycles. The number of benzene rings is 2. The highest BCUT2D eigenvalue weighted by Crippen LogP contribution is 2.13. The molecule has 0 fully saturated rings. The van der Waals surface area contributed by atoms with Crippen LogP contribution in [0.25, 0.3) is 0 Å². The Bertz CT molecular complexity index is 923. The van der Waals surface area contributed by atoms with E-state index >= 15 is 0 Å². The molecule has 2 amide bonds. The Hall–Kier alpha value is -3.55. The van der Waals surface area contributed by atoms with Crippen molar-refractivity contribution in [2.75, 3.05) is 23.8 Å². The van der Waals surface area contributed by atoms with E-state index in [4.69, 9.17) is 10.2 Å². The van der Waals surface area contributed by atoms with Gasteiger partial charge in [0.15, 0.2) is 0 Å². The van der Waals surface area contributed by atoms with Crippen LogP contribution in [0.4, 0.5) is 11.4 Å². The number of rotatable bonds is 8. The second kappa shape index (κ2) is 10.3. The minimum atomic E-state index is -0.423. The number of pyridine rings is 1. The third-order valence-electron chi connectivity index (χ3n) is 4.44. The Morgan fingerprint density at radius 1 is 0.667 bits per heavy atom. The third-order valence-corrected chi connectivity index (χ3v) is 4.44. The molecule has 0 radical (unpaired) electrons. The Balaban J connectivity index is 1.65. The lowest BCUT2D eigenvalue weighted by Crippen LogP contribution is -2.18. The number of aromatic nitrogens is 1. The molecule has 1 heterocycles. The normalized spacial score (nSPS) is 10.5. The second-order valence-corrected chi connectivity index (χ2v) is 6.66. The molecule has 0 unspecified atom stereocenters. The molecule has 4 N–H and O–H groups in total. The number of amides is 2. The van der Waals surface area contributed by atoms with E-state index in [1.807, 2.05) is 24.3 Å². The zero-order valence-corrected chi connectivity index (χ0v) is 16.3. The minimum Gasteiger partial charge on any atom is -0.396 e. The maximum absolute atomic E-state index is 12.5. The number of aliphatic hydroxyl groups is 2. The summed E-state index contributed by atoms with van der Waals surface area (Å²) < 4.78 is 0. The fourth-order valence-corrected chi connectivity index (χ4v) is 2.85. The average Bonchev–Trinajstić information content (AvgIpc) is 2.77. The number of nitrogens with one attached hydrogen (secondary N) is 2. The van der Waals surface area contributed by atoms with Crippen LogP contribution in [0.1, 0.15) is 32.1 Å². The van der Waals surface area contributed by atoms with Gasteiger partial charge in [-0.15, -0.1) is 0 Å². The summed E-state index contributed by atoms with van der Waals surface area (Å²) in [6.45, 7) is 0.134. The lowest BCUT2D eigenvalue weighted by Gasteiger charge is -2.08. The van der Waals surface area contributed by atoms with E-state index in [1.54, 1.807) is 30.3 Å². The molecule has 0 spiro atoms. The first-order valence-corrected chi connectivity index (χ1v) is 9.58. The minimum absolute atomic E-state index is 0.0668. The quantitative estimate of drug-likeness (QED) is 0.460. The van der Waals surface area contributed by atoms with Crippen LogP contribution in [0, 0.1) is 0 Å². The van der Waals surface area contributed by atoms with Crippen LogP contribution >= 0.6 is 0 Å². The van der Waals surface area contributed by atoms with Gasteiger partial charge in [-0.25, -0.2) is 4.98 Å². The van der Waals surface area contributed by atoms with Crippen molar-refractivity contribution in [3.8, 4) is 0 Å². The number of nitrogens with zero attached hydrogens (tertiary/aromatic N) is 1. The molecule has 3 aromatic rings. The zero-order chi connectivity index (χ0) is 21.3. The highest BCUT2D eigenvalue weighted by molar-refractivity contribution is 6.06. The Morgan fingerprint density at radius 2 is 1.07 bits per heavy atom. The maximum Gasteiger partial charge on any atom is 0.274 e. The molecule has 2 aromatic carbocycles. The molecule has 154 valence electrons. The van der Waals surface area contributed by atoms with Crippen LogP contribution in [0.5, 0.6) is 0 Å². The molecule has 0 aliphatic heterocycles. The molecule has 0 saturated heterocycles. The Labute approximate surface area is 174 Å². The van der Waals surface area contributed by atoms with Crippen molar-refractivity contribution in [2.45, 2.75) is 12.8 Å². The van der Waals surface area contributed by atoms with E-state index in [0.29, 0.717) is 24.2 Å². The van der Waals surface area contributed by atoms with Gasteiger partial charge in [0.2, 0.25) is 0 Å². The summed E-state index contributed by atoms with van der Waals surface area (Å²) >= 11 is 0. The summed E-state index contributed by atoms with van der Waals surface area (Å²) in [5.41, 5.74) is 3.39. The van der Waals surface area contributed by atoms with Gasteiger partial charge in [-0.05, 0) is 60.4 Å². The fraction of sp³-hybridized carbons (Fsp3) is 0.174. The van der Waals surface area contributed by atoms with Gasteiger partial charge in [0.05, 0.1) is 0 Å². The zero-order valence-electron chi connectivity index (χ0n) is 16.3. The van der Waals surface area contributed by atoms with Gasteiger partial charge in [0.25, 0.3) is 11.8 Å². The average molecular weight is 405 g/mol. The van der Waals surface area contributed by atoms with Crippen molar-refractivity contribution in [1.82, 2.24) is 4.98 Å². The first-order valence-electron chi connectivity index (χ1n) is 9.58. The summed E-state index contributed by atoms with van der Waals surface area (Å²) in [5, 5.41) is 23.4. The van der Waals surface area contributed by atoms with E-state index in [2.05, 4.69) is 15.6 Å². The lowest BCUT2D eigenvalue weighted by molar-refractivity contribution is 0.101. The van der Waals surface area contributed by atoms with Crippen LogP contribution in [-0.4, -0.2) is 40.2 Å². The maximum atomic E-state index is 12.5. The second-order valence-electron chi connectivity index (χ2n) is 6.66. The van der Waals surface area contributed by atoms with Gasteiger partial charge < -0.3 is 20.8 Å². The van der Waals surface area contributed by atoms with Gasteiger partial charge in [-0.2, -0.15) is 0 Å². The highest BCUT2D eigenvalue weighted by Gasteiger charge is 2.13. The van der Waals surface area contributed by atoms with E-state index in [1.165, 1.54) is 12.1 Å². The van der Waals surface area contributed by atoms with Crippen LogP contribution < -0.4 is 10.6 Å². The van der Waals surface area contributed by atoms with E-state index in [0.717, 1.165) is 11.1 Å². The molecule has 0 atom stereocenters. The smallest absolute Gasteiger partial charge is 0.274 e. The van der Waals surface area contributed by atoms with Crippen molar-refractivity contribution in [1.29, 1.82) is 0 Å². The predicted molar refractivity (Wildman–Crippen MR) is 115 cm³/mol. The van der Waals surface area contributed by atoms with Gasteiger partial charge >= 0.3 is 0 Å². The van der Waals surface area contributed by atoms with Crippen LogP contribution in [-0.2, 0) is 12.8 Å². The summed E-state index contributed by atoms with van der Waals surface area (Å²) in [6.07, 6.45) is 1.11. The van der Waals surface area contributed by atoms with Crippen molar-refractivity contribution in [3.05, 3.63) is 89.2 Å². The summed E-state index contributed by atoms with van der Waals surface area (Å²) in [7, 11) is 0. The van der Waals surface area contributed by atoms with Crippen molar-refractivity contribution in [3.63, 3.8) is 0 Å². The van der Waals surface area contributed by atoms with Gasteiger partial charge in [-0.1, -0.05) is 30.3 Å². The van der Waals surface area contributed by atoms with Crippen LogP contribution in [0.15, 0.2) is 66.7 Å². The molecule has 30 heavy (non-hydrogen) atoms. The van der Waals surface area contributed by atoms with Crippen LogP contribution in [0.2, 0.25) is 0 Å². The summed E-state index contributed by atoms with van der Waals surface area (Å²) in [6, 6.07) is 19.0. The van der Waals surface area contributed by atoms with Crippen molar-refractivity contribution >= 4 is 23.2 Å². The lowest BCUT2D eigenvalue weighted by atomic mass is 10.1. The number of carbonyl (C=O) groups excluding carboxylic acids is 2. The summed E-state index contributed by atoms with van der Waals surface area (Å²) in [4.78, 5) is 29.2. The van der Waals surface area contributed by atoms with E-state index < -0.39 is 11.8 Å². The largest absolute Gasteiger partial charge is 0.396 e. The third kappa shape index (κ3) is 5.73. The molecule has 0 bridgehead atoms. The van der Waals surface area contributed by atoms with Crippen molar-refractivity contribution in [2.24, 2.45) is 0 Å². The molecule has 7 nitrogen and oxygen atoms in total. The predicted octanol–water partition coefficient (Wildman–Crippen LogP) is 2.66. The number of carbonyl (C=O) groups is 2. The molecular weight excluding hydrogens is 382 g/mol. The highest BCUT2D eigenvalue weighted by atomic mass is 16.3. The number of aliphatic hydroxyl groups excluding tert-OH is 2. The standard InChI is InChI=1S/C23H23N3O4/c27-14-12-16-4-8-18(9-5-16)24-22(29)20-2-1-3-21(26-20)23(30)25-19-10-6-17(7-11-19)13-15-28/h1-11,27-28H,12-15H2,(H,24,29)(H,25,30). The molecule has 3 rings (SSSR count). The fourth-order valence-electron chi connectivity index (χ4n) is 2.85. The SMILES string of the molecule is O=C(Nc1ccc(CCO)cc1)c1cccc(C(=O)Nc2ccc(CCO)cc2)n1.